The predicted molar refractivity (Wildman–Crippen MR) is 97.3 cm³/mol. The fourth-order valence-electron chi connectivity index (χ4n) is 2.45. The third kappa shape index (κ3) is 5.14. The fourth-order valence-corrected chi connectivity index (χ4v) is 3.51. The highest BCUT2D eigenvalue weighted by Crippen LogP contribution is 2.22. The second-order valence-electron chi connectivity index (χ2n) is 5.64. The Hall–Kier alpha value is -2.18. The van der Waals surface area contributed by atoms with Crippen LogP contribution in [-0.2, 0) is 9.59 Å². The Balaban J connectivity index is 1.97. The summed E-state index contributed by atoms with van der Waals surface area (Å²) in [6.07, 6.45) is -0.0274. The molecular formula is C18H18ClNO4S. The van der Waals surface area contributed by atoms with Crippen molar-refractivity contribution < 1.29 is 19.5 Å². The minimum absolute atomic E-state index is 0.0375. The second kappa shape index (κ2) is 8.27. The molecule has 5 nitrogen and oxygen atoms in total. The largest absolute Gasteiger partial charge is 0.479 e. The van der Waals surface area contributed by atoms with Gasteiger partial charge in [-0.3, -0.25) is 9.59 Å². The van der Waals surface area contributed by atoms with Crippen LogP contribution in [0.3, 0.4) is 0 Å². The summed E-state index contributed by atoms with van der Waals surface area (Å²) in [4.78, 5) is 37.7. The highest BCUT2D eigenvalue weighted by molar-refractivity contribution is 7.12. The molecule has 0 saturated carbocycles. The van der Waals surface area contributed by atoms with Crippen molar-refractivity contribution >= 4 is 40.6 Å². The van der Waals surface area contributed by atoms with Crippen LogP contribution in [0, 0.1) is 13.8 Å². The summed E-state index contributed by atoms with van der Waals surface area (Å²) in [5, 5.41) is 12.3. The molecule has 0 aliphatic heterocycles. The van der Waals surface area contributed by atoms with E-state index in [1.54, 1.807) is 24.3 Å². The van der Waals surface area contributed by atoms with Crippen LogP contribution < -0.4 is 5.32 Å². The molecule has 1 aromatic carbocycles. The van der Waals surface area contributed by atoms with Gasteiger partial charge in [0.25, 0.3) is 0 Å². The van der Waals surface area contributed by atoms with Crippen molar-refractivity contribution in [3.63, 3.8) is 0 Å². The Morgan fingerprint density at radius 3 is 2.32 bits per heavy atom. The Morgan fingerprint density at radius 1 is 1.16 bits per heavy atom. The minimum atomic E-state index is -1.18. The van der Waals surface area contributed by atoms with Crippen LogP contribution in [0.15, 0.2) is 30.3 Å². The summed E-state index contributed by atoms with van der Waals surface area (Å²) in [6, 6.07) is 6.85. The molecule has 1 amide bonds. The van der Waals surface area contributed by atoms with Gasteiger partial charge in [0.1, 0.15) is 0 Å². The predicted octanol–water partition coefficient (Wildman–Crippen LogP) is 3.92. The standard InChI is InChI=1S/C18H18ClNO4S/c1-10-9-14(11(2)25-10)15(21)7-8-16(22)20-17(18(23)24)12-3-5-13(19)6-4-12/h3-6,9,17H,7-8H2,1-2H3,(H,20,22)(H,23,24). The van der Waals surface area contributed by atoms with Crippen LogP contribution >= 0.6 is 22.9 Å². The van der Waals surface area contributed by atoms with Gasteiger partial charge in [-0.25, -0.2) is 4.79 Å². The topological polar surface area (TPSA) is 83.5 Å². The average molecular weight is 380 g/mol. The number of carboxylic acids is 1. The number of hydrogen-bond acceptors (Lipinski definition) is 4. The van der Waals surface area contributed by atoms with Crippen LogP contribution in [0.25, 0.3) is 0 Å². The third-order valence-electron chi connectivity index (χ3n) is 3.68. The number of rotatable bonds is 7. The lowest BCUT2D eigenvalue weighted by atomic mass is 10.1. The highest BCUT2D eigenvalue weighted by atomic mass is 35.5. The van der Waals surface area contributed by atoms with Crippen molar-refractivity contribution in [1.29, 1.82) is 0 Å². The first-order chi connectivity index (χ1) is 11.8. The van der Waals surface area contributed by atoms with Gasteiger partial charge in [-0.05, 0) is 37.6 Å². The molecule has 1 aromatic heterocycles. The summed E-state index contributed by atoms with van der Waals surface area (Å²) in [6.45, 7) is 3.79. The SMILES string of the molecule is Cc1cc(C(=O)CCC(=O)NC(C(=O)O)c2ccc(Cl)cc2)c(C)s1. The van der Waals surface area contributed by atoms with Gasteiger partial charge in [-0.2, -0.15) is 0 Å². The number of ketones is 1. The van der Waals surface area contributed by atoms with Gasteiger partial charge in [0.05, 0.1) is 0 Å². The lowest BCUT2D eigenvalue weighted by Crippen LogP contribution is -2.33. The number of carbonyl (C=O) groups excluding carboxylic acids is 2. The molecule has 2 aromatic rings. The Labute approximate surface area is 154 Å². The number of benzene rings is 1. The van der Waals surface area contributed by atoms with Crippen molar-refractivity contribution in [3.8, 4) is 0 Å². The maximum atomic E-state index is 12.2. The van der Waals surface area contributed by atoms with Crippen molar-refractivity contribution in [2.45, 2.75) is 32.7 Å². The molecule has 0 spiro atoms. The van der Waals surface area contributed by atoms with E-state index in [4.69, 9.17) is 11.6 Å². The van der Waals surface area contributed by atoms with Gasteiger partial charge in [0, 0.05) is 33.2 Å². The summed E-state index contributed by atoms with van der Waals surface area (Å²) >= 11 is 7.32. The molecule has 0 fully saturated rings. The number of carboxylic acid groups (broad SMARTS) is 1. The lowest BCUT2D eigenvalue weighted by molar-refractivity contribution is -0.142. The van der Waals surface area contributed by atoms with Gasteiger partial charge >= 0.3 is 5.97 Å². The molecule has 0 bridgehead atoms. The maximum absolute atomic E-state index is 12.2. The van der Waals surface area contributed by atoms with E-state index in [0.717, 1.165) is 9.75 Å². The molecule has 25 heavy (non-hydrogen) atoms. The number of thiophene rings is 1. The average Bonchev–Trinajstić information content (AvgIpc) is 2.89. The van der Waals surface area contributed by atoms with E-state index in [0.29, 0.717) is 16.1 Å². The minimum Gasteiger partial charge on any atom is -0.479 e. The molecule has 0 aliphatic rings. The third-order valence-corrected chi connectivity index (χ3v) is 4.89. The van der Waals surface area contributed by atoms with E-state index in [9.17, 15) is 19.5 Å². The quantitative estimate of drug-likeness (QED) is 0.714. The van der Waals surface area contributed by atoms with Crippen molar-refractivity contribution in [2.75, 3.05) is 0 Å². The second-order valence-corrected chi connectivity index (χ2v) is 7.54. The van der Waals surface area contributed by atoms with Crippen molar-refractivity contribution in [1.82, 2.24) is 5.32 Å². The molecule has 0 aliphatic carbocycles. The van der Waals surface area contributed by atoms with E-state index < -0.39 is 17.9 Å². The summed E-state index contributed by atoms with van der Waals surface area (Å²) < 4.78 is 0. The molecule has 1 heterocycles. The zero-order chi connectivity index (χ0) is 18.6. The van der Waals surface area contributed by atoms with Gasteiger partial charge < -0.3 is 10.4 Å². The smallest absolute Gasteiger partial charge is 0.330 e. The van der Waals surface area contributed by atoms with E-state index in [1.165, 1.54) is 11.3 Å². The van der Waals surface area contributed by atoms with Crippen LogP contribution in [-0.4, -0.2) is 22.8 Å². The molecule has 1 atom stereocenters. The van der Waals surface area contributed by atoms with E-state index in [-0.39, 0.29) is 18.6 Å². The first-order valence-electron chi connectivity index (χ1n) is 7.66. The first kappa shape index (κ1) is 19.1. The molecule has 2 N–H and O–H groups in total. The van der Waals surface area contributed by atoms with Gasteiger partial charge in [-0.15, -0.1) is 11.3 Å². The number of aliphatic carboxylic acids is 1. The Morgan fingerprint density at radius 2 is 1.80 bits per heavy atom. The maximum Gasteiger partial charge on any atom is 0.330 e. The number of hydrogen-bond donors (Lipinski definition) is 2. The number of carbonyl (C=O) groups is 3. The zero-order valence-corrected chi connectivity index (χ0v) is 15.4. The summed E-state index contributed by atoms with van der Waals surface area (Å²) in [7, 11) is 0. The van der Waals surface area contributed by atoms with Gasteiger partial charge in [0.2, 0.25) is 5.91 Å². The Kier molecular flexibility index (Phi) is 6.33. The Bertz CT molecular complexity index is 798. The number of amides is 1. The summed E-state index contributed by atoms with van der Waals surface area (Å²) in [5.41, 5.74) is 1.05. The normalized spacial score (nSPS) is 11.8. The molecular weight excluding hydrogens is 362 g/mol. The monoisotopic (exact) mass is 379 g/mol. The number of aryl methyl sites for hydroxylation is 2. The van der Waals surface area contributed by atoms with Gasteiger partial charge in [0.15, 0.2) is 11.8 Å². The van der Waals surface area contributed by atoms with E-state index >= 15 is 0 Å². The number of Topliss-reactive ketones (excluding diaryl/α,β-unsaturated/α-hetero) is 1. The molecule has 132 valence electrons. The lowest BCUT2D eigenvalue weighted by Gasteiger charge is -2.15. The fraction of sp³-hybridized carbons (Fsp3) is 0.278. The van der Waals surface area contributed by atoms with Crippen molar-refractivity contribution in [2.24, 2.45) is 0 Å². The van der Waals surface area contributed by atoms with E-state index in [2.05, 4.69) is 5.32 Å². The van der Waals surface area contributed by atoms with Crippen LogP contribution in [0.2, 0.25) is 5.02 Å². The molecule has 7 heteroatoms. The highest BCUT2D eigenvalue weighted by Gasteiger charge is 2.22. The van der Waals surface area contributed by atoms with Crippen LogP contribution in [0.4, 0.5) is 0 Å². The first-order valence-corrected chi connectivity index (χ1v) is 8.85. The van der Waals surface area contributed by atoms with Gasteiger partial charge in [-0.1, -0.05) is 23.7 Å². The van der Waals surface area contributed by atoms with Crippen LogP contribution in [0.1, 0.15) is 44.6 Å². The molecule has 2 rings (SSSR count). The van der Waals surface area contributed by atoms with Crippen LogP contribution in [0.5, 0.6) is 0 Å². The zero-order valence-electron chi connectivity index (χ0n) is 13.8. The summed E-state index contributed by atoms with van der Waals surface area (Å²) in [5.74, 6) is -1.78. The molecule has 0 saturated heterocycles. The number of halogens is 1. The van der Waals surface area contributed by atoms with Crippen molar-refractivity contribution in [3.05, 3.63) is 56.2 Å². The molecule has 1 unspecified atom stereocenters. The van der Waals surface area contributed by atoms with E-state index in [1.807, 2.05) is 19.9 Å². The number of nitrogens with one attached hydrogen (secondary N) is 1. The molecule has 0 radical (unpaired) electrons.